The summed E-state index contributed by atoms with van der Waals surface area (Å²) in [6, 6.07) is 24.2. The molecule has 4 aromatic rings. The van der Waals surface area contributed by atoms with E-state index >= 15 is 0 Å². The Bertz CT molecular complexity index is 1630. The van der Waals surface area contributed by atoms with E-state index in [1.165, 1.54) is 6.92 Å². The number of hydrogen-bond acceptors (Lipinski definition) is 9. The maximum Gasteiger partial charge on any atom is 0.220 e. The number of thioether (sulfide) groups is 1. The quantitative estimate of drug-likeness (QED) is 0.114. The number of tetrazole rings is 1. The van der Waals surface area contributed by atoms with Crippen molar-refractivity contribution in [2.75, 3.05) is 12.3 Å². The van der Waals surface area contributed by atoms with E-state index in [-0.39, 0.29) is 36.5 Å². The van der Waals surface area contributed by atoms with Crippen molar-refractivity contribution in [3.05, 3.63) is 95.1 Å². The van der Waals surface area contributed by atoms with Crippen LogP contribution in [0.2, 0.25) is 0 Å². The Balaban J connectivity index is 1.25. The number of aromatic nitrogens is 4. The highest BCUT2D eigenvalue weighted by Crippen LogP contribution is 2.43. The number of ether oxygens (including phenoxy) is 2. The fourth-order valence-electron chi connectivity index (χ4n) is 5.72. The first-order valence-corrected chi connectivity index (χ1v) is 17.4. The highest BCUT2D eigenvalue weighted by Gasteiger charge is 2.38. The maximum atomic E-state index is 12.5. The van der Waals surface area contributed by atoms with Crippen LogP contribution >= 0.6 is 11.8 Å². The summed E-state index contributed by atoms with van der Waals surface area (Å²) in [6.07, 6.45) is 2.03. The monoisotopic (exact) mass is 672 g/mol. The van der Waals surface area contributed by atoms with Crippen LogP contribution in [0.4, 0.5) is 0 Å². The third-order valence-corrected chi connectivity index (χ3v) is 9.62. The molecular weight excluding hydrogens is 629 g/mol. The molecule has 2 heterocycles. The molecule has 1 aliphatic rings. The van der Waals surface area contributed by atoms with Gasteiger partial charge in [0.15, 0.2) is 6.29 Å². The number of amides is 2. The molecule has 1 fully saturated rings. The molecule has 0 aliphatic carbocycles. The van der Waals surface area contributed by atoms with Crippen LogP contribution in [0.5, 0.6) is 0 Å². The summed E-state index contributed by atoms with van der Waals surface area (Å²) in [7, 11) is 1.82. The molecule has 3 N–H and O–H groups in total. The van der Waals surface area contributed by atoms with Crippen LogP contribution < -0.4 is 10.6 Å². The standard InChI is InChI=1S/C36H44N6O5S/c1-24-32(23-48-36-39-40-41-42(36)3)46-35(47-34(24)28-14-12-26(22-43)13-15-28)29-18-16-27(17-19-29)31-10-7-6-9-30(31)21-38-33(45)11-5-4-8-20-37-25(2)44/h6-7,9-10,12-19,24,32,34-35,43H,4-5,8,11,20-23H2,1-3H3,(H,37,44)(H,38,45)/t24-,32+,34+,35+/m1/s1. The topological polar surface area (TPSA) is 140 Å². The minimum atomic E-state index is -0.589. The second-order valence-corrected chi connectivity index (χ2v) is 13.1. The number of nitrogens with one attached hydrogen (secondary N) is 2. The van der Waals surface area contributed by atoms with Crippen LogP contribution in [-0.4, -0.2) is 55.5 Å². The Morgan fingerprint density at radius 3 is 2.40 bits per heavy atom. The summed E-state index contributed by atoms with van der Waals surface area (Å²) >= 11 is 1.55. The minimum Gasteiger partial charge on any atom is -0.392 e. The normalized spacial score (nSPS) is 19.2. The summed E-state index contributed by atoms with van der Waals surface area (Å²) in [6.45, 7) is 4.71. The molecule has 0 bridgehead atoms. The second-order valence-electron chi connectivity index (χ2n) is 12.1. The van der Waals surface area contributed by atoms with Crippen LogP contribution in [-0.2, 0) is 39.3 Å². The number of aliphatic hydroxyl groups excluding tert-OH is 1. The molecule has 1 aromatic heterocycles. The molecule has 1 saturated heterocycles. The van der Waals surface area contributed by atoms with Crippen molar-refractivity contribution in [3.8, 4) is 11.1 Å². The van der Waals surface area contributed by atoms with E-state index in [9.17, 15) is 14.7 Å². The minimum absolute atomic E-state index is 0.0118. The van der Waals surface area contributed by atoms with Crippen molar-refractivity contribution >= 4 is 23.6 Å². The Morgan fingerprint density at radius 2 is 1.69 bits per heavy atom. The Labute approximate surface area is 285 Å². The van der Waals surface area contributed by atoms with Gasteiger partial charge in [0.2, 0.25) is 17.0 Å². The molecule has 12 heteroatoms. The van der Waals surface area contributed by atoms with Crippen molar-refractivity contribution in [2.24, 2.45) is 13.0 Å². The van der Waals surface area contributed by atoms with Gasteiger partial charge in [0.05, 0.1) is 18.8 Å². The van der Waals surface area contributed by atoms with Crippen molar-refractivity contribution in [2.45, 2.75) is 76.3 Å². The largest absolute Gasteiger partial charge is 0.392 e. The zero-order valence-corrected chi connectivity index (χ0v) is 28.5. The number of nitrogens with zero attached hydrogens (tertiary/aromatic N) is 4. The van der Waals surface area contributed by atoms with E-state index in [1.807, 2.05) is 61.6 Å². The molecule has 3 aromatic carbocycles. The summed E-state index contributed by atoms with van der Waals surface area (Å²) in [4.78, 5) is 23.5. The molecule has 4 atom stereocenters. The summed E-state index contributed by atoms with van der Waals surface area (Å²) in [5.41, 5.74) is 5.90. The molecule has 11 nitrogen and oxygen atoms in total. The first-order chi connectivity index (χ1) is 23.3. The predicted molar refractivity (Wildman–Crippen MR) is 183 cm³/mol. The van der Waals surface area contributed by atoms with Gasteiger partial charge < -0.3 is 25.2 Å². The fraction of sp³-hybridized carbons (Fsp3) is 0.417. The lowest BCUT2D eigenvalue weighted by atomic mass is 9.91. The Kier molecular flexibility index (Phi) is 12.7. The van der Waals surface area contributed by atoms with Gasteiger partial charge in [0, 0.05) is 50.7 Å². The van der Waals surface area contributed by atoms with Crippen LogP contribution in [0.1, 0.15) is 74.2 Å². The third-order valence-electron chi connectivity index (χ3n) is 8.52. The van der Waals surface area contributed by atoms with Gasteiger partial charge in [0.25, 0.3) is 0 Å². The van der Waals surface area contributed by atoms with Gasteiger partial charge in [-0.25, -0.2) is 4.68 Å². The molecular formula is C36H44N6O5S. The van der Waals surface area contributed by atoms with Crippen LogP contribution in [0.15, 0.2) is 78.0 Å². The van der Waals surface area contributed by atoms with Gasteiger partial charge in [-0.2, -0.15) is 0 Å². The first-order valence-electron chi connectivity index (χ1n) is 16.4. The van der Waals surface area contributed by atoms with Crippen molar-refractivity contribution in [3.63, 3.8) is 0 Å². The lowest BCUT2D eigenvalue weighted by Crippen LogP contribution is -2.38. The number of hydrogen-bond donors (Lipinski definition) is 3. The molecule has 0 unspecified atom stereocenters. The SMILES string of the molecule is CC(=O)NCCCCCC(=O)NCc1ccccc1-c1ccc([C@H]2O[C@@H](CSc3nnnn3C)[C@@H](C)[C@@H](c3ccc(CO)cc3)O2)cc1. The summed E-state index contributed by atoms with van der Waals surface area (Å²) < 4.78 is 14.9. The lowest BCUT2D eigenvalue weighted by Gasteiger charge is -2.41. The fourth-order valence-corrected chi connectivity index (χ4v) is 6.73. The van der Waals surface area contributed by atoms with Crippen LogP contribution in [0.3, 0.4) is 0 Å². The molecule has 0 spiro atoms. The van der Waals surface area contributed by atoms with E-state index < -0.39 is 6.29 Å². The zero-order chi connectivity index (χ0) is 33.9. The average Bonchev–Trinajstić information content (AvgIpc) is 3.52. The van der Waals surface area contributed by atoms with Gasteiger partial charge in [0.1, 0.15) is 0 Å². The van der Waals surface area contributed by atoms with Gasteiger partial charge in [-0.3, -0.25) is 9.59 Å². The highest BCUT2D eigenvalue weighted by atomic mass is 32.2. The third kappa shape index (κ3) is 9.50. The molecule has 0 radical (unpaired) electrons. The van der Waals surface area contributed by atoms with Crippen LogP contribution in [0, 0.1) is 5.92 Å². The number of aliphatic hydroxyl groups is 1. The Hall–Kier alpha value is -4.10. The summed E-state index contributed by atoms with van der Waals surface area (Å²) in [5.74, 6) is 0.677. The molecule has 2 amide bonds. The van der Waals surface area contributed by atoms with E-state index in [0.717, 1.165) is 57.8 Å². The van der Waals surface area contributed by atoms with Crippen molar-refractivity contribution in [1.29, 1.82) is 0 Å². The van der Waals surface area contributed by atoms with Gasteiger partial charge >= 0.3 is 0 Å². The van der Waals surface area contributed by atoms with Crippen molar-refractivity contribution in [1.82, 2.24) is 30.8 Å². The van der Waals surface area contributed by atoms with Gasteiger partial charge in [-0.15, -0.1) is 5.10 Å². The van der Waals surface area contributed by atoms with E-state index in [1.54, 1.807) is 16.4 Å². The summed E-state index contributed by atoms with van der Waals surface area (Å²) in [5, 5.41) is 27.9. The number of benzene rings is 3. The smallest absolute Gasteiger partial charge is 0.220 e. The lowest BCUT2D eigenvalue weighted by molar-refractivity contribution is -0.268. The molecule has 1 aliphatic heterocycles. The highest BCUT2D eigenvalue weighted by molar-refractivity contribution is 7.99. The van der Waals surface area contributed by atoms with E-state index in [0.29, 0.717) is 25.3 Å². The van der Waals surface area contributed by atoms with Gasteiger partial charge in [-0.05, 0) is 51.1 Å². The van der Waals surface area contributed by atoms with Gasteiger partial charge in [-0.1, -0.05) is 97.9 Å². The predicted octanol–water partition coefficient (Wildman–Crippen LogP) is 5.27. The number of rotatable bonds is 15. The zero-order valence-electron chi connectivity index (χ0n) is 27.7. The van der Waals surface area contributed by atoms with E-state index in [2.05, 4.69) is 51.3 Å². The maximum absolute atomic E-state index is 12.5. The Morgan fingerprint density at radius 1 is 0.938 bits per heavy atom. The number of aryl methyl sites for hydroxylation is 1. The number of carbonyl (C=O) groups excluding carboxylic acids is 2. The van der Waals surface area contributed by atoms with Crippen molar-refractivity contribution < 1.29 is 24.2 Å². The van der Waals surface area contributed by atoms with E-state index in [4.69, 9.17) is 9.47 Å². The molecule has 0 saturated carbocycles. The molecule has 254 valence electrons. The van der Waals surface area contributed by atoms with Crippen LogP contribution in [0.25, 0.3) is 11.1 Å². The average molecular weight is 673 g/mol. The first kappa shape index (κ1) is 35.2. The second kappa shape index (κ2) is 17.3. The molecule has 5 rings (SSSR count). The molecule has 48 heavy (non-hydrogen) atoms. The number of carbonyl (C=O) groups is 2. The number of unbranched alkanes of at least 4 members (excludes halogenated alkanes) is 2.